The van der Waals surface area contributed by atoms with Crippen LogP contribution in [-0.2, 0) is 18.2 Å². The lowest BCUT2D eigenvalue weighted by Gasteiger charge is -2.21. The van der Waals surface area contributed by atoms with Gasteiger partial charge in [0.15, 0.2) is 0 Å². The summed E-state index contributed by atoms with van der Waals surface area (Å²) >= 11 is 6.13. The van der Waals surface area contributed by atoms with Gasteiger partial charge in [-0.2, -0.15) is 5.10 Å². The highest BCUT2D eigenvalue weighted by atomic mass is 35.5. The lowest BCUT2D eigenvalue weighted by atomic mass is 10.0. The Morgan fingerprint density at radius 1 is 1.47 bits per heavy atom. The van der Waals surface area contributed by atoms with Crippen LogP contribution >= 0.6 is 11.6 Å². The Hall–Kier alpha value is -0.580. The van der Waals surface area contributed by atoms with E-state index in [0.29, 0.717) is 18.2 Å². The Morgan fingerprint density at radius 3 is 2.53 bits per heavy atom. The number of halogens is 1. The maximum absolute atomic E-state index is 10.1. The van der Waals surface area contributed by atoms with Crippen molar-refractivity contribution in [1.82, 2.24) is 9.78 Å². The molecule has 17 heavy (non-hydrogen) atoms. The molecule has 0 radical (unpaired) electrons. The molecule has 5 heteroatoms. The predicted molar refractivity (Wildman–Crippen MR) is 68.4 cm³/mol. The minimum atomic E-state index is -0.541. The van der Waals surface area contributed by atoms with Crippen LogP contribution in [0.1, 0.15) is 31.5 Å². The van der Waals surface area contributed by atoms with Gasteiger partial charge in [0, 0.05) is 25.6 Å². The first kappa shape index (κ1) is 14.5. The molecule has 1 heterocycles. The number of aliphatic hydroxyl groups excluding tert-OH is 1. The van der Waals surface area contributed by atoms with E-state index in [9.17, 15) is 5.11 Å². The van der Waals surface area contributed by atoms with Gasteiger partial charge in [0.05, 0.1) is 17.9 Å². The summed E-state index contributed by atoms with van der Waals surface area (Å²) in [5.41, 5.74) is 1.77. The van der Waals surface area contributed by atoms with Gasteiger partial charge in [0.2, 0.25) is 0 Å². The summed E-state index contributed by atoms with van der Waals surface area (Å²) in [6.07, 6.45) is 0.583. The lowest BCUT2D eigenvalue weighted by Crippen LogP contribution is -2.30. The van der Waals surface area contributed by atoms with Crippen molar-refractivity contribution in [2.45, 2.75) is 45.8 Å². The molecule has 1 N–H and O–H groups in total. The van der Waals surface area contributed by atoms with E-state index in [-0.39, 0.29) is 6.10 Å². The van der Waals surface area contributed by atoms with Crippen LogP contribution in [-0.4, -0.2) is 33.7 Å². The van der Waals surface area contributed by atoms with Gasteiger partial charge in [-0.1, -0.05) is 18.5 Å². The van der Waals surface area contributed by atoms with Gasteiger partial charge >= 0.3 is 0 Å². The second-order valence-electron chi connectivity index (χ2n) is 4.15. The van der Waals surface area contributed by atoms with E-state index in [1.54, 1.807) is 11.7 Å². The summed E-state index contributed by atoms with van der Waals surface area (Å²) in [4.78, 5) is 0. The molecule has 0 spiro atoms. The first-order valence-electron chi connectivity index (χ1n) is 5.98. The first-order chi connectivity index (χ1) is 8.01. The molecule has 0 aliphatic heterocycles. The van der Waals surface area contributed by atoms with Crippen LogP contribution in [0.2, 0.25) is 5.15 Å². The highest BCUT2D eigenvalue weighted by Gasteiger charge is 2.22. The van der Waals surface area contributed by atoms with E-state index in [4.69, 9.17) is 16.3 Å². The van der Waals surface area contributed by atoms with Gasteiger partial charge in [0.1, 0.15) is 5.15 Å². The van der Waals surface area contributed by atoms with E-state index < -0.39 is 6.10 Å². The van der Waals surface area contributed by atoms with E-state index >= 15 is 0 Å². The Balaban J connectivity index is 2.76. The maximum Gasteiger partial charge on any atom is 0.130 e. The molecule has 0 aromatic carbocycles. The summed E-state index contributed by atoms with van der Waals surface area (Å²) in [6.45, 7) is 6.43. The molecule has 1 aromatic heterocycles. The third-order valence-electron chi connectivity index (χ3n) is 2.90. The lowest BCUT2D eigenvalue weighted by molar-refractivity contribution is -0.0335. The van der Waals surface area contributed by atoms with Crippen molar-refractivity contribution in [3.63, 3.8) is 0 Å². The second kappa shape index (κ2) is 6.38. The largest absolute Gasteiger partial charge is 0.390 e. The van der Waals surface area contributed by atoms with Crippen LogP contribution in [0.25, 0.3) is 0 Å². The van der Waals surface area contributed by atoms with Crippen LogP contribution in [0.3, 0.4) is 0 Å². The quantitative estimate of drug-likeness (QED) is 0.852. The van der Waals surface area contributed by atoms with Gasteiger partial charge in [-0.3, -0.25) is 4.68 Å². The fraction of sp³-hybridized carbons (Fsp3) is 0.750. The zero-order valence-electron chi connectivity index (χ0n) is 10.9. The van der Waals surface area contributed by atoms with Crippen molar-refractivity contribution in [2.75, 3.05) is 6.61 Å². The van der Waals surface area contributed by atoms with Crippen LogP contribution in [0, 0.1) is 6.92 Å². The van der Waals surface area contributed by atoms with Crippen LogP contribution in [0.15, 0.2) is 0 Å². The Kier molecular flexibility index (Phi) is 5.43. The third kappa shape index (κ3) is 3.44. The minimum absolute atomic E-state index is 0.143. The summed E-state index contributed by atoms with van der Waals surface area (Å²) in [5.74, 6) is 0. The zero-order chi connectivity index (χ0) is 13.0. The van der Waals surface area contributed by atoms with Crippen molar-refractivity contribution in [3.8, 4) is 0 Å². The van der Waals surface area contributed by atoms with Gasteiger partial charge < -0.3 is 9.84 Å². The number of hydrogen-bond acceptors (Lipinski definition) is 3. The molecule has 1 rings (SSSR count). The van der Waals surface area contributed by atoms with Crippen LogP contribution in [0.5, 0.6) is 0 Å². The number of rotatable bonds is 6. The number of ether oxygens (including phenoxy) is 1. The summed E-state index contributed by atoms with van der Waals surface area (Å²) in [6, 6.07) is 0. The molecule has 1 aromatic rings. The van der Waals surface area contributed by atoms with E-state index in [1.165, 1.54) is 0 Å². The van der Waals surface area contributed by atoms with Crippen LogP contribution in [0.4, 0.5) is 0 Å². The van der Waals surface area contributed by atoms with Crippen molar-refractivity contribution in [1.29, 1.82) is 0 Å². The predicted octanol–water partition coefficient (Wildman–Crippen LogP) is 2.10. The summed E-state index contributed by atoms with van der Waals surface area (Å²) in [5, 5.41) is 14.9. The fourth-order valence-corrected chi connectivity index (χ4v) is 2.21. The number of nitrogens with zero attached hydrogens (tertiary/aromatic N) is 2. The second-order valence-corrected chi connectivity index (χ2v) is 4.51. The van der Waals surface area contributed by atoms with Gasteiger partial charge in [-0.15, -0.1) is 0 Å². The first-order valence-corrected chi connectivity index (χ1v) is 6.36. The average Bonchev–Trinajstić information content (AvgIpc) is 2.52. The molecule has 4 nitrogen and oxygen atoms in total. The number of hydrogen-bond donors (Lipinski definition) is 1. The molecular weight excluding hydrogens is 240 g/mol. The maximum atomic E-state index is 10.1. The summed E-state index contributed by atoms with van der Waals surface area (Å²) < 4.78 is 7.12. The number of aromatic nitrogens is 2. The van der Waals surface area contributed by atoms with Crippen molar-refractivity contribution in [3.05, 3.63) is 16.4 Å². The van der Waals surface area contributed by atoms with Gasteiger partial charge in [0.25, 0.3) is 0 Å². The molecular formula is C12H21ClN2O2. The molecule has 0 bridgehead atoms. The molecule has 0 fully saturated rings. The van der Waals surface area contributed by atoms with Crippen molar-refractivity contribution >= 4 is 11.6 Å². The van der Waals surface area contributed by atoms with Crippen molar-refractivity contribution < 1.29 is 9.84 Å². The minimum Gasteiger partial charge on any atom is -0.390 e. The van der Waals surface area contributed by atoms with E-state index in [2.05, 4.69) is 5.10 Å². The monoisotopic (exact) mass is 260 g/mol. The van der Waals surface area contributed by atoms with E-state index in [1.807, 2.05) is 20.8 Å². The fourth-order valence-electron chi connectivity index (χ4n) is 1.96. The molecule has 2 atom stereocenters. The molecule has 0 saturated carbocycles. The molecule has 2 unspecified atom stereocenters. The highest BCUT2D eigenvalue weighted by molar-refractivity contribution is 6.30. The normalized spacial score (nSPS) is 14.9. The van der Waals surface area contributed by atoms with E-state index in [0.717, 1.165) is 17.7 Å². The number of aliphatic hydroxyl groups is 1. The van der Waals surface area contributed by atoms with Crippen LogP contribution < -0.4 is 0 Å². The van der Waals surface area contributed by atoms with Gasteiger partial charge in [-0.05, 0) is 20.3 Å². The third-order valence-corrected chi connectivity index (χ3v) is 3.37. The average molecular weight is 261 g/mol. The SMILES string of the molecule is CCOC(CC)C(O)Cc1c(C)nn(C)c1Cl. The van der Waals surface area contributed by atoms with Crippen molar-refractivity contribution in [2.24, 2.45) is 7.05 Å². The Labute approximate surface area is 108 Å². The highest BCUT2D eigenvalue weighted by Crippen LogP contribution is 2.22. The standard InChI is InChI=1S/C12H21ClN2O2/c1-5-11(17-6-2)10(16)7-9-8(3)14-15(4)12(9)13/h10-11,16H,5-7H2,1-4H3. The molecule has 0 aliphatic carbocycles. The Morgan fingerprint density at radius 2 is 2.12 bits per heavy atom. The topological polar surface area (TPSA) is 47.3 Å². The smallest absolute Gasteiger partial charge is 0.130 e. The van der Waals surface area contributed by atoms with Gasteiger partial charge in [-0.25, -0.2) is 0 Å². The molecule has 0 aliphatic rings. The summed E-state index contributed by atoms with van der Waals surface area (Å²) in [7, 11) is 1.80. The Bertz CT molecular complexity index is 366. The number of aryl methyl sites for hydroxylation is 2. The zero-order valence-corrected chi connectivity index (χ0v) is 11.7. The molecule has 0 saturated heterocycles. The molecule has 98 valence electrons. The molecule has 0 amide bonds.